The van der Waals surface area contributed by atoms with Gasteiger partial charge in [-0.05, 0) is 45.7 Å². The molecular formula is C18H28N4O3. The van der Waals surface area contributed by atoms with Crippen molar-refractivity contribution in [3.63, 3.8) is 0 Å². The topological polar surface area (TPSA) is 83.6 Å². The summed E-state index contributed by atoms with van der Waals surface area (Å²) in [6, 6.07) is 5.47. The number of hydrogen-bond acceptors (Lipinski definition) is 4. The third-order valence-corrected chi connectivity index (χ3v) is 3.90. The molecule has 0 unspecified atom stereocenters. The Balaban J connectivity index is 1.70. The summed E-state index contributed by atoms with van der Waals surface area (Å²) in [6.45, 7) is 7.16. The van der Waals surface area contributed by atoms with Gasteiger partial charge in [0.15, 0.2) is 0 Å². The number of aromatic nitrogens is 1. The van der Waals surface area contributed by atoms with Crippen LogP contribution in [0.15, 0.2) is 24.4 Å². The van der Waals surface area contributed by atoms with Gasteiger partial charge in [0.2, 0.25) is 0 Å². The Morgan fingerprint density at radius 2 is 2.12 bits per heavy atom. The molecule has 25 heavy (non-hydrogen) atoms. The summed E-state index contributed by atoms with van der Waals surface area (Å²) in [5, 5.41) is 5.65. The second kappa shape index (κ2) is 8.69. The molecule has 0 bridgehead atoms. The molecule has 3 amide bonds. The zero-order chi connectivity index (χ0) is 18.3. The molecule has 0 saturated carbocycles. The van der Waals surface area contributed by atoms with Crippen molar-refractivity contribution in [3.05, 3.63) is 30.1 Å². The quantitative estimate of drug-likeness (QED) is 0.855. The summed E-state index contributed by atoms with van der Waals surface area (Å²) in [4.78, 5) is 30.1. The van der Waals surface area contributed by atoms with E-state index in [-0.39, 0.29) is 18.2 Å². The third kappa shape index (κ3) is 6.60. The first-order valence-electron chi connectivity index (χ1n) is 8.76. The lowest BCUT2D eigenvalue weighted by Gasteiger charge is -2.28. The van der Waals surface area contributed by atoms with Gasteiger partial charge in [0.1, 0.15) is 5.60 Å². The van der Waals surface area contributed by atoms with Crippen LogP contribution in [0.2, 0.25) is 0 Å². The Morgan fingerprint density at radius 1 is 1.32 bits per heavy atom. The highest BCUT2D eigenvalue weighted by Gasteiger charge is 2.32. The number of urea groups is 1. The normalized spacial score (nSPS) is 17.2. The molecule has 7 heteroatoms. The fourth-order valence-electron chi connectivity index (χ4n) is 2.73. The molecular weight excluding hydrogens is 320 g/mol. The van der Waals surface area contributed by atoms with Crippen LogP contribution in [0.4, 0.5) is 9.59 Å². The van der Waals surface area contributed by atoms with Crippen molar-refractivity contribution in [1.82, 2.24) is 20.5 Å². The molecule has 138 valence electrons. The standard InChI is InChI=1S/C18H28N4O3/c1-18(2,3)25-17(24)22-12-6-8-15(22)13-21-16(23)20-11-9-14-7-4-5-10-19-14/h4-5,7,10,15H,6,8-9,11-13H2,1-3H3,(H2,20,21,23)/t15-/m1/s1. The maximum absolute atomic E-state index is 12.2. The molecule has 1 fully saturated rings. The van der Waals surface area contributed by atoms with Crippen molar-refractivity contribution in [1.29, 1.82) is 0 Å². The van der Waals surface area contributed by atoms with Crippen molar-refractivity contribution >= 4 is 12.1 Å². The summed E-state index contributed by atoms with van der Waals surface area (Å²) in [6.07, 6.45) is 3.90. The van der Waals surface area contributed by atoms with Crippen LogP contribution in [0, 0.1) is 0 Å². The number of carbonyl (C=O) groups excluding carboxylic acids is 2. The number of hydrogen-bond donors (Lipinski definition) is 2. The first-order chi connectivity index (χ1) is 11.8. The van der Waals surface area contributed by atoms with E-state index in [9.17, 15) is 9.59 Å². The number of rotatable bonds is 5. The predicted octanol–water partition coefficient (Wildman–Crippen LogP) is 2.32. The highest BCUT2D eigenvalue weighted by atomic mass is 16.6. The van der Waals surface area contributed by atoms with Gasteiger partial charge in [-0.3, -0.25) is 4.98 Å². The van der Waals surface area contributed by atoms with Crippen LogP contribution in [0.3, 0.4) is 0 Å². The van der Waals surface area contributed by atoms with Crippen LogP contribution in [0.25, 0.3) is 0 Å². The summed E-state index contributed by atoms with van der Waals surface area (Å²) in [5.74, 6) is 0. The monoisotopic (exact) mass is 348 g/mol. The van der Waals surface area contributed by atoms with Gasteiger partial charge in [0.25, 0.3) is 0 Å². The fraction of sp³-hybridized carbons (Fsp3) is 0.611. The summed E-state index contributed by atoms with van der Waals surface area (Å²) >= 11 is 0. The minimum atomic E-state index is -0.513. The van der Waals surface area contributed by atoms with E-state index >= 15 is 0 Å². The minimum Gasteiger partial charge on any atom is -0.444 e. The molecule has 1 saturated heterocycles. The van der Waals surface area contributed by atoms with Gasteiger partial charge < -0.3 is 20.3 Å². The van der Waals surface area contributed by atoms with Crippen molar-refractivity contribution in [3.8, 4) is 0 Å². The molecule has 0 spiro atoms. The fourth-order valence-corrected chi connectivity index (χ4v) is 2.73. The lowest BCUT2D eigenvalue weighted by atomic mass is 10.2. The zero-order valence-corrected chi connectivity index (χ0v) is 15.2. The van der Waals surface area contributed by atoms with E-state index in [4.69, 9.17) is 4.74 Å². The van der Waals surface area contributed by atoms with E-state index in [1.54, 1.807) is 11.1 Å². The average molecular weight is 348 g/mol. The Bertz CT molecular complexity index is 571. The predicted molar refractivity (Wildman–Crippen MR) is 95.3 cm³/mol. The van der Waals surface area contributed by atoms with Crippen LogP contribution in [-0.2, 0) is 11.2 Å². The second-order valence-electron chi connectivity index (χ2n) is 7.18. The SMILES string of the molecule is CC(C)(C)OC(=O)N1CCC[C@@H]1CNC(=O)NCCc1ccccn1. The minimum absolute atomic E-state index is 0.0172. The number of ether oxygens (including phenoxy) is 1. The molecule has 7 nitrogen and oxygen atoms in total. The number of nitrogens with zero attached hydrogens (tertiary/aromatic N) is 2. The highest BCUT2D eigenvalue weighted by molar-refractivity contribution is 5.74. The molecule has 0 aliphatic carbocycles. The molecule has 2 N–H and O–H groups in total. The highest BCUT2D eigenvalue weighted by Crippen LogP contribution is 2.20. The molecule has 0 aromatic carbocycles. The zero-order valence-electron chi connectivity index (χ0n) is 15.2. The van der Waals surface area contributed by atoms with Crippen LogP contribution in [0.5, 0.6) is 0 Å². The van der Waals surface area contributed by atoms with E-state index < -0.39 is 5.60 Å². The van der Waals surface area contributed by atoms with Crippen LogP contribution in [-0.4, -0.2) is 53.3 Å². The van der Waals surface area contributed by atoms with Gasteiger partial charge in [-0.1, -0.05) is 6.07 Å². The smallest absolute Gasteiger partial charge is 0.410 e. The summed E-state index contributed by atoms with van der Waals surface area (Å²) in [5.41, 5.74) is 0.426. The molecule has 1 aliphatic heterocycles. The number of likely N-dealkylation sites (tertiary alicyclic amines) is 1. The number of nitrogens with one attached hydrogen (secondary N) is 2. The summed E-state index contributed by atoms with van der Waals surface area (Å²) < 4.78 is 5.42. The van der Waals surface area contributed by atoms with E-state index in [1.165, 1.54) is 0 Å². The molecule has 1 aliphatic rings. The maximum Gasteiger partial charge on any atom is 0.410 e. The van der Waals surface area contributed by atoms with E-state index in [0.29, 0.717) is 26.1 Å². The van der Waals surface area contributed by atoms with Gasteiger partial charge in [-0.15, -0.1) is 0 Å². The van der Waals surface area contributed by atoms with E-state index in [2.05, 4.69) is 15.6 Å². The molecule has 2 heterocycles. The third-order valence-electron chi connectivity index (χ3n) is 3.90. The first kappa shape index (κ1) is 19.0. The average Bonchev–Trinajstić information content (AvgIpc) is 3.01. The van der Waals surface area contributed by atoms with Gasteiger partial charge in [-0.2, -0.15) is 0 Å². The van der Waals surface area contributed by atoms with Crippen LogP contribution >= 0.6 is 0 Å². The van der Waals surface area contributed by atoms with E-state index in [0.717, 1.165) is 18.5 Å². The molecule has 1 atom stereocenters. The number of pyridine rings is 1. The summed E-state index contributed by atoms with van der Waals surface area (Å²) in [7, 11) is 0. The van der Waals surface area contributed by atoms with Crippen LogP contribution < -0.4 is 10.6 Å². The second-order valence-corrected chi connectivity index (χ2v) is 7.18. The lowest BCUT2D eigenvalue weighted by Crippen LogP contribution is -2.47. The lowest BCUT2D eigenvalue weighted by molar-refractivity contribution is 0.0228. The largest absolute Gasteiger partial charge is 0.444 e. The van der Waals surface area contributed by atoms with Gasteiger partial charge >= 0.3 is 12.1 Å². The first-order valence-corrected chi connectivity index (χ1v) is 8.76. The molecule has 1 aromatic rings. The Labute approximate surface area is 149 Å². The van der Waals surface area contributed by atoms with Crippen molar-refractivity contribution in [2.45, 2.75) is 51.7 Å². The Kier molecular flexibility index (Phi) is 6.61. The molecule has 1 aromatic heterocycles. The van der Waals surface area contributed by atoms with Crippen LogP contribution in [0.1, 0.15) is 39.3 Å². The van der Waals surface area contributed by atoms with E-state index in [1.807, 2.05) is 39.0 Å². The van der Waals surface area contributed by atoms with Gasteiger partial charge in [-0.25, -0.2) is 9.59 Å². The Hall–Kier alpha value is -2.31. The Morgan fingerprint density at radius 3 is 2.80 bits per heavy atom. The molecule has 0 radical (unpaired) electrons. The number of carbonyl (C=O) groups is 2. The van der Waals surface area contributed by atoms with Gasteiger partial charge in [0, 0.05) is 37.9 Å². The van der Waals surface area contributed by atoms with Crippen molar-refractivity contribution in [2.24, 2.45) is 0 Å². The maximum atomic E-state index is 12.2. The van der Waals surface area contributed by atoms with Crippen molar-refractivity contribution in [2.75, 3.05) is 19.6 Å². The molecule has 2 rings (SSSR count). The van der Waals surface area contributed by atoms with Crippen molar-refractivity contribution < 1.29 is 14.3 Å². The number of amides is 3. The van der Waals surface area contributed by atoms with Gasteiger partial charge in [0.05, 0.1) is 6.04 Å².